The molecule has 0 saturated heterocycles. The number of carbonyl (C=O) groups is 1. The molecule has 0 fully saturated rings. The number of carbonyl (C=O) groups excluding carboxylic acids is 1. The zero-order chi connectivity index (χ0) is 17.7. The number of benzene rings is 2. The largest absolute Gasteiger partial charge is 0.494 e. The van der Waals surface area contributed by atoms with Gasteiger partial charge in [0, 0.05) is 18.7 Å². The van der Waals surface area contributed by atoms with Gasteiger partial charge in [0.25, 0.3) is 0 Å². The molecule has 0 saturated carbocycles. The predicted molar refractivity (Wildman–Crippen MR) is 81.3 cm³/mol. The Hall–Kier alpha value is -2.74. The molecule has 1 unspecified atom stereocenters. The van der Waals surface area contributed by atoms with Gasteiger partial charge < -0.3 is 20.5 Å². The maximum atomic E-state index is 13.7. The van der Waals surface area contributed by atoms with Gasteiger partial charge in [0.15, 0.2) is 17.4 Å². The molecule has 0 aromatic heterocycles. The Morgan fingerprint density at radius 2 is 1.83 bits per heavy atom. The van der Waals surface area contributed by atoms with Crippen LogP contribution in [0.4, 0.5) is 23.7 Å². The Morgan fingerprint density at radius 1 is 1.17 bits per heavy atom. The fraction of sp³-hybridized carbons (Fsp3) is 0.188. The maximum absolute atomic E-state index is 13.7. The molecule has 2 rings (SSSR count). The minimum atomic E-state index is -1.08. The smallest absolute Gasteiger partial charge is 0.319 e. The molecule has 2 aromatic carbocycles. The molecule has 0 radical (unpaired) electrons. The van der Waals surface area contributed by atoms with Crippen molar-refractivity contribution in [2.45, 2.75) is 6.10 Å². The molecule has 8 heteroatoms. The van der Waals surface area contributed by atoms with Crippen molar-refractivity contribution in [1.29, 1.82) is 0 Å². The van der Waals surface area contributed by atoms with Crippen LogP contribution >= 0.6 is 0 Å². The summed E-state index contributed by atoms with van der Waals surface area (Å²) in [4.78, 5) is 11.7. The van der Waals surface area contributed by atoms with Gasteiger partial charge in [-0.15, -0.1) is 0 Å². The van der Waals surface area contributed by atoms with E-state index in [-0.39, 0.29) is 18.0 Å². The van der Waals surface area contributed by atoms with E-state index in [0.29, 0.717) is 5.56 Å². The van der Waals surface area contributed by atoms with Crippen LogP contribution in [-0.2, 0) is 0 Å². The van der Waals surface area contributed by atoms with Crippen LogP contribution in [0, 0.1) is 17.5 Å². The maximum Gasteiger partial charge on any atom is 0.319 e. The van der Waals surface area contributed by atoms with Gasteiger partial charge in [-0.1, -0.05) is 12.1 Å². The topological polar surface area (TPSA) is 70.6 Å². The summed E-state index contributed by atoms with van der Waals surface area (Å²) in [5.74, 6) is -2.44. The van der Waals surface area contributed by atoms with E-state index in [2.05, 4.69) is 15.4 Å². The van der Waals surface area contributed by atoms with Crippen molar-refractivity contribution in [3.05, 3.63) is 59.4 Å². The van der Waals surface area contributed by atoms with Gasteiger partial charge in [0.1, 0.15) is 5.82 Å². The number of halogens is 3. The lowest BCUT2D eigenvalue weighted by molar-refractivity contribution is 0.175. The number of hydrogen-bond donors (Lipinski definition) is 3. The molecule has 2 aromatic rings. The minimum absolute atomic E-state index is 0.197. The molecule has 5 nitrogen and oxygen atoms in total. The molecule has 128 valence electrons. The number of amides is 2. The van der Waals surface area contributed by atoms with Crippen LogP contribution in [0.5, 0.6) is 5.75 Å². The molecular formula is C16H15F3N2O3. The van der Waals surface area contributed by atoms with E-state index in [0.717, 1.165) is 12.1 Å². The van der Waals surface area contributed by atoms with Crippen LogP contribution in [-0.4, -0.2) is 24.8 Å². The third-order valence-corrected chi connectivity index (χ3v) is 3.20. The van der Waals surface area contributed by atoms with Crippen LogP contribution < -0.4 is 15.4 Å². The van der Waals surface area contributed by atoms with E-state index in [1.54, 1.807) is 0 Å². The molecule has 0 aliphatic rings. The van der Waals surface area contributed by atoms with Gasteiger partial charge in [0.2, 0.25) is 0 Å². The second-order valence-corrected chi connectivity index (χ2v) is 4.87. The second-order valence-electron chi connectivity index (χ2n) is 4.87. The summed E-state index contributed by atoms with van der Waals surface area (Å²) in [6.45, 7) is -0.197. The van der Waals surface area contributed by atoms with E-state index < -0.39 is 29.6 Å². The Balaban J connectivity index is 1.94. The van der Waals surface area contributed by atoms with Crippen LogP contribution in [0.15, 0.2) is 36.4 Å². The highest BCUT2D eigenvalue weighted by molar-refractivity contribution is 5.89. The van der Waals surface area contributed by atoms with Crippen molar-refractivity contribution >= 4 is 11.7 Å². The van der Waals surface area contributed by atoms with Crippen molar-refractivity contribution in [3.63, 3.8) is 0 Å². The van der Waals surface area contributed by atoms with Crippen molar-refractivity contribution in [2.75, 3.05) is 19.0 Å². The highest BCUT2D eigenvalue weighted by Crippen LogP contribution is 2.24. The summed E-state index contributed by atoms with van der Waals surface area (Å²) in [5.41, 5.74) is 0.0282. The molecule has 2 amide bonds. The number of methoxy groups -OCH3 is 1. The number of ether oxygens (including phenoxy) is 1. The van der Waals surface area contributed by atoms with E-state index in [9.17, 15) is 23.1 Å². The van der Waals surface area contributed by atoms with Gasteiger partial charge in [-0.25, -0.2) is 18.0 Å². The molecule has 0 aliphatic carbocycles. The monoisotopic (exact) mass is 340 g/mol. The molecule has 1 atom stereocenters. The predicted octanol–water partition coefficient (Wildman–Crippen LogP) is 2.97. The molecule has 0 aliphatic heterocycles. The van der Waals surface area contributed by atoms with Gasteiger partial charge >= 0.3 is 6.03 Å². The fourth-order valence-electron chi connectivity index (χ4n) is 1.94. The first-order valence-electron chi connectivity index (χ1n) is 6.92. The summed E-state index contributed by atoms with van der Waals surface area (Å²) >= 11 is 0. The summed E-state index contributed by atoms with van der Waals surface area (Å²) in [5, 5.41) is 14.3. The summed E-state index contributed by atoms with van der Waals surface area (Å²) in [6.07, 6.45) is -1.08. The minimum Gasteiger partial charge on any atom is -0.494 e. The highest BCUT2D eigenvalue weighted by atomic mass is 19.1. The summed E-state index contributed by atoms with van der Waals surface area (Å²) in [7, 11) is 1.19. The fourth-order valence-corrected chi connectivity index (χ4v) is 1.94. The van der Waals surface area contributed by atoms with Gasteiger partial charge in [-0.3, -0.25) is 0 Å². The lowest BCUT2D eigenvalue weighted by atomic mass is 10.1. The van der Waals surface area contributed by atoms with Gasteiger partial charge in [0.05, 0.1) is 18.9 Å². The number of aliphatic hydroxyl groups excluding tert-OH is 1. The van der Waals surface area contributed by atoms with Crippen LogP contribution in [0.2, 0.25) is 0 Å². The third-order valence-electron chi connectivity index (χ3n) is 3.20. The van der Waals surface area contributed by atoms with Crippen molar-refractivity contribution in [1.82, 2.24) is 5.32 Å². The quantitative estimate of drug-likeness (QED) is 0.784. The van der Waals surface area contributed by atoms with Crippen molar-refractivity contribution in [2.24, 2.45) is 0 Å². The van der Waals surface area contributed by atoms with E-state index in [1.165, 1.54) is 31.4 Å². The number of urea groups is 1. The normalized spacial score (nSPS) is 11.7. The number of rotatable bonds is 5. The molecule has 0 spiro atoms. The first-order valence-corrected chi connectivity index (χ1v) is 6.92. The van der Waals surface area contributed by atoms with Crippen LogP contribution in [0.25, 0.3) is 0 Å². The number of anilines is 1. The Bertz CT molecular complexity index is 723. The number of aliphatic hydroxyl groups is 1. The van der Waals surface area contributed by atoms with Crippen molar-refractivity contribution < 1.29 is 27.8 Å². The summed E-state index contributed by atoms with van der Waals surface area (Å²) in [6, 6.07) is 5.85. The first-order chi connectivity index (χ1) is 11.4. The first kappa shape index (κ1) is 17.6. The molecule has 0 bridgehead atoms. The zero-order valence-electron chi connectivity index (χ0n) is 12.6. The van der Waals surface area contributed by atoms with Crippen molar-refractivity contribution in [3.8, 4) is 5.75 Å². The molecule has 24 heavy (non-hydrogen) atoms. The highest BCUT2D eigenvalue weighted by Gasteiger charge is 2.14. The Morgan fingerprint density at radius 3 is 2.46 bits per heavy atom. The molecule has 3 N–H and O–H groups in total. The van der Waals surface area contributed by atoms with Crippen LogP contribution in [0.1, 0.15) is 11.7 Å². The Kier molecular flexibility index (Phi) is 5.64. The van der Waals surface area contributed by atoms with E-state index in [4.69, 9.17) is 0 Å². The molecular weight excluding hydrogens is 325 g/mol. The summed E-state index contributed by atoms with van der Waals surface area (Å²) < 4.78 is 44.6. The van der Waals surface area contributed by atoms with Gasteiger partial charge in [-0.2, -0.15) is 0 Å². The number of hydrogen-bond acceptors (Lipinski definition) is 3. The average Bonchev–Trinajstić information content (AvgIpc) is 2.56. The Labute approximate surface area is 136 Å². The lowest BCUT2D eigenvalue weighted by Gasteiger charge is -2.13. The third kappa shape index (κ3) is 4.39. The second kappa shape index (κ2) is 7.69. The number of nitrogens with one attached hydrogen (secondary N) is 2. The van der Waals surface area contributed by atoms with E-state index in [1.807, 2.05) is 0 Å². The SMILES string of the molecule is COc1cc(F)c(NC(=O)NCC(O)c2ccc(F)cc2)cc1F. The van der Waals surface area contributed by atoms with E-state index >= 15 is 0 Å². The van der Waals surface area contributed by atoms with Gasteiger partial charge in [-0.05, 0) is 17.7 Å². The zero-order valence-corrected chi connectivity index (χ0v) is 12.6. The molecule has 0 heterocycles. The van der Waals surface area contributed by atoms with Crippen LogP contribution in [0.3, 0.4) is 0 Å². The standard InChI is InChI=1S/C16H15F3N2O3/c1-24-15-7-11(18)13(6-12(15)19)21-16(23)20-8-14(22)9-2-4-10(17)5-3-9/h2-7,14,22H,8H2,1H3,(H2,20,21,23). The average molecular weight is 340 g/mol. The lowest BCUT2D eigenvalue weighted by Crippen LogP contribution is -2.32.